The van der Waals surface area contributed by atoms with Gasteiger partial charge in [0, 0.05) is 17.4 Å². The minimum Gasteiger partial charge on any atom is -0.497 e. The van der Waals surface area contributed by atoms with E-state index in [1.807, 2.05) is 48.5 Å². The molecule has 0 bridgehead atoms. The second-order valence-corrected chi connectivity index (χ2v) is 6.27. The highest BCUT2D eigenvalue weighted by Crippen LogP contribution is 2.16. The number of nitrogens with one attached hydrogen (secondary N) is 1. The number of hydrogen-bond acceptors (Lipinski definition) is 3. The molecule has 0 atom stereocenters. The Kier molecular flexibility index (Phi) is 7.62. The molecule has 0 aliphatic carbocycles. The van der Waals surface area contributed by atoms with E-state index in [0.717, 1.165) is 22.4 Å². The SMILES string of the molecule is COc1ccc(CCNC(=O)CCCOc2ccc(Br)cc2)cc1. The molecule has 0 heterocycles. The Morgan fingerprint density at radius 2 is 1.71 bits per heavy atom. The van der Waals surface area contributed by atoms with Crippen LogP contribution in [0.25, 0.3) is 0 Å². The summed E-state index contributed by atoms with van der Waals surface area (Å²) in [7, 11) is 1.65. The molecule has 1 amide bonds. The summed E-state index contributed by atoms with van der Waals surface area (Å²) in [6, 6.07) is 15.5. The van der Waals surface area contributed by atoms with Crippen molar-refractivity contribution in [3.63, 3.8) is 0 Å². The first-order chi connectivity index (χ1) is 11.7. The van der Waals surface area contributed by atoms with Crippen molar-refractivity contribution in [2.24, 2.45) is 0 Å². The second-order valence-electron chi connectivity index (χ2n) is 5.35. The van der Waals surface area contributed by atoms with Crippen molar-refractivity contribution in [2.75, 3.05) is 20.3 Å². The highest BCUT2D eigenvalue weighted by atomic mass is 79.9. The van der Waals surface area contributed by atoms with Crippen molar-refractivity contribution >= 4 is 21.8 Å². The van der Waals surface area contributed by atoms with E-state index in [1.54, 1.807) is 7.11 Å². The summed E-state index contributed by atoms with van der Waals surface area (Å²) in [6.07, 6.45) is 1.98. The third-order valence-corrected chi connectivity index (χ3v) is 4.05. The number of ether oxygens (including phenoxy) is 2. The van der Waals surface area contributed by atoms with Crippen molar-refractivity contribution in [2.45, 2.75) is 19.3 Å². The van der Waals surface area contributed by atoms with Gasteiger partial charge < -0.3 is 14.8 Å². The molecule has 0 saturated heterocycles. The molecular formula is C19H22BrNO3. The lowest BCUT2D eigenvalue weighted by Crippen LogP contribution is -2.25. The fourth-order valence-corrected chi connectivity index (χ4v) is 2.44. The van der Waals surface area contributed by atoms with Gasteiger partial charge in [0.05, 0.1) is 13.7 Å². The Bertz CT molecular complexity index is 626. The molecule has 2 aromatic rings. The highest BCUT2D eigenvalue weighted by Gasteiger charge is 2.02. The van der Waals surface area contributed by atoms with Crippen LogP contribution in [0.15, 0.2) is 53.0 Å². The lowest BCUT2D eigenvalue weighted by atomic mass is 10.1. The van der Waals surface area contributed by atoms with Crippen LogP contribution in [0.5, 0.6) is 11.5 Å². The number of carbonyl (C=O) groups excluding carboxylic acids is 1. The van der Waals surface area contributed by atoms with E-state index in [9.17, 15) is 4.79 Å². The summed E-state index contributed by atoms with van der Waals surface area (Å²) in [5.74, 6) is 1.72. The molecule has 128 valence electrons. The van der Waals surface area contributed by atoms with Gasteiger partial charge in [0.25, 0.3) is 0 Å². The molecule has 5 heteroatoms. The number of carbonyl (C=O) groups is 1. The lowest BCUT2D eigenvalue weighted by molar-refractivity contribution is -0.121. The van der Waals surface area contributed by atoms with Gasteiger partial charge in [-0.05, 0) is 54.8 Å². The van der Waals surface area contributed by atoms with E-state index in [-0.39, 0.29) is 5.91 Å². The monoisotopic (exact) mass is 391 g/mol. The molecule has 0 fully saturated rings. The van der Waals surface area contributed by atoms with Crippen molar-refractivity contribution in [1.82, 2.24) is 5.32 Å². The van der Waals surface area contributed by atoms with Crippen LogP contribution in [0, 0.1) is 0 Å². The predicted octanol–water partition coefficient (Wildman–Crippen LogP) is 3.98. The molecule has 0 aliphatic heterocycles. The molecule has 2 aromatic carbocycles. The number of benzene rings is 2. The van der Waals surface area contributed by atoms with E-state index in [0.29, 0.717) is 26.0 Å². The van der Waals surface area contributed by atoms with Crippen LogP contribution in [0.4, 0.5) is 0 Å². The van der Waals surface area contributed by atoms with Crippen molar-refractivity contribution in [1.29, 1.82) is 0 Å². The minimum absolute atomic E-state index is 0.0583. The molecule has 0 saturated carbocycles. The average molecular weight is 392 g/mol. The fraction of sp³-hybridized carbons (Fsp3) is 0.316. The van der Waals surface area contributed by atoms with Gasteiger partial charge in [0.15, 0.2) is 0 Å². The molecular weight excluding hydrogens is 370 g/mol. The Balaban J connectivity index is 1.56. The van der Waals surface area contributed by atoms with Crippen LogP contribution in [-0.2, 0) is 11.2 Å². The maximum Gasteiger partial charge on any atom is 0.220 e. The average Bonchev–Trinajstić information content (AvgIpc) is 2.61. The van der Waals surface area contributed by atoms with Gasteiger partial charge in [-0.2, -0.15) is 0 Å². The third-order valence-electron chi connectivity index (χ3n) is 3.53. The van der Waals surface area contributed by atoms with Crippen LogP contribution in [-0.4, -0.2) is 26.2 Å². The zero-order chi connectivity index (χ0) is 17.2. The van der Waals surface area contributed by atoms with Crippen molar-refractivity contribution in [3.8, 4) is 11.5 Å². The maximum absolute atomic E-state index is 11.8. The molecule has 2 rings (SSSR count). The molecule has 0 spiro atoms. The second kappa shape index (κ2) is 9.98. The number of amides is 1. The smallest absolute Gasteiger partial charge is 0.220 e. The third kappa shape index (κ3) is 6.62. The topological polar surface area (TPSA) is 47.6 Å². The highest BCUT2D eigenvalue weighted by molar-refractivity contribution is 9.10. The van der Waals surface area contributed by atoms with Crippen LogP contribution in [0.1, 0.15) is 18.4 Å². The fourth-order valence-electron chi connectivity index (χ4n) is 2.18. The first-order valence-corrected chi connectivity index (χ1v) is 8.74. The molecule has 24 heavy (non-hydrogen) atoms. The normalized spacial score (nSPS) is 10.2. The molecule has 4 nitrogen and oxygen atoms in total. The van der Waals surface area contributed by atoms with E-state index >= 15 is 0 Å². The van der Waals surface area contributed by atoms with Crippen LogP contribution in [0.2, 0.25) is 0 Å². The minimum atomic E-state index is 0.0583. The Labute approximate surface area is 151 Å². The van der Waals surface area contributed by atoms with Crippen molar-refractivity contribution in [3.05, 3.63) is 58.6 Å². The van der Waals surface area contributed by atoms with Gasteiger partial charge in [-0.1, -0.05) is 28.1 Å². The predicted molar refractivity (Wildman–Crippen MR) is 98.6 cm³/mol. The molecule has 1 N–H and O–H groups in total. The molecule has 0 unspecified atom stereocenters. The summed E-state index contributed by atoms with van der Waals surface area (Å²) in [5, 5.41) is 2.93. The number of methoxy groups -OCH3 is 1. The number of hydrogen-bond donors (Lipinski definition) is 1. The summed E-state index contributed by atoms with van der Waals surface area (Å²) in [4.78, 5) is 11.8. The Hall–Kier alpha value is -2.01. The summed E-state index contributed by atoms with van der Waals surface area (Å²) in [6.45, 7) is 1.17. The molecule has 0 aliphatic rings. The quantitative estimate of drug-likeness (QED) is 0.657. The zero-order valence-electron chi connectivity index (χ0n) is 13.8. The van der Waals surface area contributed by atoms with E-state index in [4.69, 9.17) is 9.47 Å². The zero-order valence-corrected chi connectivity index (χ0v) is 15.3. The van der Waals surface area contributed by atoms with Gasteiger partial charge in [0.2, 0.25) is 5.91 Å². The van der Waals surface area contributed by atoms with Gasteiger partial charge in [-0.3, -0.25) is 4.79 Å². The molecule has 0 radical (unpaired) electrons. The van der Waals surface area contributed by atoms with Gasteiger partial charge in [0.1, 0.15) is 11.5 Å². The Morgan fingerprint density at radius 1 is 1.04 bits per heavy atom. The summed E-state index contributed by atoms with van der Waals surface area (Å²) >= 11 is 3.38. The number of halogens is 1. The molecule has 0 aromatic heterocycles. The lowest BCUT2D eigenvalue weighted by Gasteiger charge is -2.08. The first-order valence-electron chi connectivity index (χ1n) is 7.95. The van der Waals surface area contributed by atoms with Crippen LogP contribution >= 0.6 is 15.9 Å². The number of rotatable bonds is 9. The van der Waals surface area contributed by atoms with E-state index in [2.05, 4.69) is 21.2 Å². The summed E-state index contributed by atoms with van der Waals surface area (Å²) in [5.41, 5.74) is 1.18. The van der Waals surface area contributed by atoms with E-state index in [1.165, 1.54) is 5.56 Å². The Morgan fingerprint density at radius 3 is 2.38 bits per heavy atom. The van der Waals surface area contributed by atoms with Gasteiger partial charge in [-0.25, -0.2) is 0 Å². The van der Waals surface area contributed by atoms with Crippen molar-refractivity contribution < 1.29 is 14.3 Å². The van der Waals surface area contributed by atoms with Gasteiger partial charge in [-0.15, -0.1) is 0 Å². The van der Waals surface area contributed by atoms with Gasteiger partial charge >= 0.3 is 0 Å². The standard InChI is InChI=1S/C19H22BrNO3/c1-23-17-8-4-15(5-9-17)12-13-21-19(22)3-2-14-24-18-10-6-16(20)7-11-18/h4-11H,2-3,12-14H2,1H3,(H,21,22). The van der Waals surface area contributed by atoms with Crippen LogP contribution < -0.4 is 14.8 Å². The maximum atomic E-state index is 11.8. The summed E-state index contributed by atoms with van der Waals surface area (Å²) < 4.78 is 11.7. The van der Waals surface area contributed by atoms with E-state index < -0.39 is 0 Å². The largest absolute Gasteiger partial charge is 0.497 e. The first kappa shape index (κ1) is 18.3. The van der Waals surface area contributed by atoms with Crippen LogP contribution in [0.3, 0.4) is 0 Å².